The van der Waals surface area contributed by atoms with Crippen LogP contribution >= 0.6 is 0 Å². The molecule has 1 unspecified atom stereocenters. The van der Waals surface area contributed by atoms with Crippen molar-refractivity contribution < 1.29 is 14.7 Å². The van der Waals surface area contributed by atoms with E-state index >= 15 is 0 Å². The number of amides is 1. The molecule has 0 aliphatic carbocycles. The van der Waals surface area contributed by atoms with Crippen LogP contribution in [0.15, 0.2) is 66.2 Å². The Kier molecular flexibility index (Phi) is 4.98. The second kappa shape index (κ2) is 7.34. The Morgan fingerprint density at radius 3 is 2.20 bits per heavy atom. The Morgan fingerprint density at radius 1 is 1.00 bits per heavy atom. The number of hydrogen-bond acceptors (Lipinski definition) is 3. The topological polar surface area (TPSA) is 57.6 Å². The molecule has 1 amide bonds. The summed E-state index contributed by atoms with van der Waals surface area (Å²) in [6, 6.07) is 17.7. The van der Waals surface area contributed by atoms with Crippen LogP contribution in [0.1, 0.15) is 36.9 Å². The number of benzene rings is 2. The highest BCUT2D eigenvalue weighted by atomic mass is 16.3. The highest BCUT2D eigenvalue weighted by Crippen LogP contribution is 2.39. The fraction of sp³-hybridized carbons (Fsp3) is 0.238. The summed E-state index contributed by atoms with van der Waals surface area (Å²) in [5, 5.41) is 10.8. The standard InChI is InChI=1S/C21H21NO3/c1-2-3-14-22-18(15-10-6-4-7-11-15)17(20(24)21(22)25)19(23)16-12-8-5-9-13-16/h4-13,18,23H,2-3,14H2,1H3/b19-17+. The van der Waals surface area contributed by atoms with E-state index in [0.717, 1.165) is 18.4 Å². The molecule has 25 heavy (non-hydrogen) atoms. The number of unbranched alkanes of at least 4 members (excludes halogenated alkanes) is 1. The lowest BCUT2D eigenvalue weighted by Gasteiger charge is -2.25. The summed E-state index contributed by atoms with van der Waals surface area (Å²) in [7, 11) is 0. The van der Waals surface area contributed by atoms with E-state index in [1.807, 2.05) is 43.3 Å². The number of ketones is 1. The molecule has 1 aliphatic rings. The number of hydrogen-bond donors (Lipinski definition) is 1. The second-order valence-electron chi connectivity index (χ2n) is 6.12. The third-order valence-electron chi connectivity index (χ3n) is 4.46. The summed E-state index contributed by atoms with van der Waals surface area (Å²) in [6.45, 7) is 2.53. The van der Waals surface area contributed by atoms with Gasteiger partial charge in [-0.3, -0.25) is 9.59 Å². The number of aliphatic hydroxyl groups excluding tert-OH is 1. The first kappa shape index (κ1) is 17.0. The highest BCUT2D eigenvalue weighted by molar-refractivity contribution is 6.46. The van der Waals surface area contributed by atoms with Gasteiger partial charge in [-0.25, -0.2) is 0 Å². The van der Waals surface area contributed by atoms with Crippen molar-refractivity contribution in [2.24, 2.45) is 0 Å². The number of nitrogens with zero attached hydrogens (tertiary/aromatic N) is 1. The van der Waals surface area contributed by atoms with Crippen LogP contribution in [0.2, 0.25) is 0 Å². The van der Waals surface area contributed by atoms with Crippen molar-refractivity contribution in [3.63, 3.8) is 0 Å². The van der Waals surface area contributed by atoms with E-state index < -0.39 is 17.7 Å². The predicted molar refractivity (Wildman–Crippen MR) is 96.8 cm³/mol. The zero-order chi connectivity index (χ0) is 17.8. The zero-order valence-electron chi connectivity index (χ0n) is 14.2. The molecule has 0 radical (unpaired) electrons. The lowest BCUT2D eigenvalue weighted by Crippen LogP contribution is -2.30. The van der Waals surface area contributed by atoms with Gasteiger partial charge in [0.1, 0.15) is 5.76 Å². The van der Waals surface area contributed by atoms with Gasteiger partial charge in [0, 0.05) is 12.1 Å². The van der Waals surface area contributed by atoms with Crippen LogP contribution in [0.25, 0.3) is 5.76 Å². The number of likely N-dealkylation sites (tertiary alicyclic amines) is 1. The van der Waals surface area contributed by atoms with Crippen molar-refractivity contribution in [1.29, 1.82) is 0 Å². The molecule has 0 bridgehead atoms. The summed E-state index contributed by atoms with van der Waals surface area (Å²) >= 11 is 0. The molecule has 1 N–H and O–H groups in total. The molecular weight excluding hydrogens is 314 g/mol. The maximum absolute atomic E-state index is 12.7. The summed E-state index contributed by atoms with van der Waals surface area (Å²) in [5.74, 6) is -1.28. The molecular formula is C21H21NO3. The van der Waals surface area contributed by atoms with Crippen molar-refractivity contribution in [3.8, 4) is 0 Å². The predicted octanol–water partition coefficient (Wildman–Crippen LogP) is 3.91. The molecule has 1 saturated heterocycles. The Labute approximate surface area is 147 Å². The number of aliphatic hydroxyl groups is 1. The monoisotopic (exact) mass is 335 g/mol. The highest BCUT2D eigenvalue weighted by Gasteiger charge is 2.45. The largest absolute Gasteiger partial charge is 0.507 e. The normalized spacial score (nSPS) is 19.4. The van der Waals surface area contributed by atoms with Gasteiger partial charge in [0.15, 0.2) is 0 Å². The van der Waals surface area contributed by atoms with Crippen molar-refractivity contribution in [2.75, 3.05) is 6.54 Å². The minimum atomic E-state index is -0.619. The van der Waals surface area contributed by atoms with Gasteiger partial charge in [-0.05, 0) is 12.0 Å². The summed E-state index contributed by atoms with van der Waals surface area (Å²) in [4.78, 5) is 26.8. The Morgan fingerprint density at radius 2 is 1.60 bits per heavy atom. The van der Waals surface area contributed by atoms with Gasteiger partial charge in [0.05, 0.1) is 11.6 Å². The SMILES string of the molecule is CCCCN1C(=O)C(=O)/C(=C(/O)c2ccccc2)C1c1ccccc1. The lowest BCUT2D eigenvalue weighted by atomic mass is 9.95. The number of Topliss-reactive ketones (excluding diaryl/α,β-unsaturated/α-hetero) is 1. The van der Waals surface area contributed by atoms with E-state index in [-0.39, 0.29) is 11.3 Å². The van der Waals surface area contributed by atoms with Gasteiger partial charge < -0.3 is 10.0 Å². The van der Waals surface area contributed by atoms with E-state index in [4.69, 9.17) is 0 Å². The van der Waals surface area contributed by atoms with Crippen LogP contribution in [0.5, 0.6) is 0 Å². The van der Waals surface area contributed by atoms with E-state index in [1.165, 1.54) is 0 Å². The molecule has 4 nitrogen and oxygen atoms in total. The number of carbonyl (C=O) groups excluding carboxylic acids is 2. The first-order valence-electron chi connectivity index (χ1n) is 8.54. The van der Waals surface area contributed by atoms with Crippen molar-refractivity contribution in [1.82, 2.24) is 4.90 Å². The van der Waals surface area contributed by atoms with Crippen LogP contribution < -0.4 is 0 Å². The fourth-order valence-corrected chi connectivity index (χ4v) is 3.17. The molecule has 0 saturated carbocycles. The Bertz CT molecular complexity index is 796. The van der Waals surface area contributed by atoms with Gasteiger partial charge in [-0.15, -0.1) is 0 Å². The molecule has 1 aliphatic heterocycles. The fourth-order valence-electron chi connectivity index (χ4n) is 3.17. The van der Waals surface area contributed by atoms with E-state index in [1.54, 1.807) is 29.2 Å². The molecule has 3 rings (SSSR count). The molecule has 0 aromatic heterocycles. The van der Waals surface area contributed by atoms with E-state index in [9.17, 15) is 14.7 Å². The van der Waals surface area contributed by atoms with Crippen molar-refractivity contribution in [3.05, 3.63) is 77.4 Å². The van der Waals surface area contributed by atoms with Gasteiger partial charge >= 0.3 is 0 Å². The first-order valence-corrected chi connectivity index (χ1v) is 8.54. The third kappa shape index (κ3) is 3.20. The maximum atomic E-state index is 12.7. The van der Waals surface area contributed by atoms with Crippen LogP contribution in [-0.2, 0) is 9.59 Å². The van der Waals surface area contributed by atoms with Crippen LogP contribution in [0.4, 0.5) is 0 Å². The molecule has 0 spiro atoms. The zero-order valence-corrected chi connectivity index (χ0v) is 14.2. The average molecular weight is 335 g/mol. The lowest BCUT2D eigenvalue weighted by molar-refractivity contribution is -0.139. The molecule has 1 atom stereocenters. The van der Waals surface area contributed by atoms with E-state index in [2.05, 4.69) is 0 Å². The molecule has 2 aromatic rings. The summed E-state index contributed by atoms with van der Waals surface area (Å²) in [6.07, 6.45) is 1.73. The van der Waals surface area contributed by atoms with Crippen molar-refractivity contribution >= 4 is 17.4 Å². The summed E-state index contributed by atoms with van der Waals surface area (Å²) in [5.41, 5.74) is 1.53. The number of carbonyl (C=O) groups is 2. The smallest absolute Gasteiger partial charge is 0.295 e. The molecule has 4 heteroatoms. The quantitative estimate of drug-likeness (QED) is 0.512. The molecule has 2 aromatic carbocycles. The Hall–Kier alpha value is -2.88. The van der Waals surface area contributed by atoms with Crippen molar-refractivity contribution in [2.45, 2.75) is 25.8 Å². The Balaban J connectivity index is 2.14. The van der Waals surface area contributed by atoms with Gasteiger partial charge in [-0.1, -0.05) is 74.0 Å². The van der Waals surface area contributed by atoms with Gasteiger partial charge in [0.25, 0.3) is 11.7 Å². The summed E-state index contributed by atoms with van der Waals surface area (Å²) < 4.78 is 0. The maximum Gasteiger partial charge on any atom is 0.295 e. The first-order chi connectivity index (χ1) is 12.1. The van der Waals surface area contributed by atoms with Gasteiger partial charge in [-0.2, -0.15) is 0 Å². The van der Waals surface area contributed by atoms with Crippen LogP contribution in [0, 0.1) is 0 Å². The second-order valence-corrected chi connectivity index (χ2v) is 6.12. The third-order valence-corrected chi connectivity index (χ3v) is 4.46. The number of rotatable bonds is 5. The molecule has 1 heterocycles. The molecule has 1 fully saturated rings. The van der Waals surface area contributed by atoms with E-state index in [0.29, 0.717) is 12.1 Å². The average Bonchev–Trinajstić information content (AvgIpc) is 2.91. The molecule has 128 valence electrons. The minimum Gasteiger partial charge on any atom is -0.507 e. The van der Waals surface area contributed by atoms with Crippen LogP contribution in [0.3, 0.4) is 0 Å². The minimum absolute atomic E-state index is 0.119. The van der Waals surface area contributed by atoms with Gasteiger partial charge in [0.2, 0.25) is 0 Å². The van der Waals surface area contributed by atoms with Crippen LogP contribution in [-0.4, -0.2) is 28.2 Å².